The molecule has 0 unspecified atom stereocenters. The third-order valence-electron chi connectivity index (χ3n) is 2.62. The van der Waals surface area contributed by atoms with E-state index in [1.165, 1.54) is 24.3 Å². The third-order valence-corrected chi connectivity index (χ3v) is 4.43. The van der Waals surface area contributed by atoms with Crippen LogP contribution in [-0.2, 0) is 9.84 Å². The maximum Gasteiger partial charge on any atom is 0.178 e. The second kappa shape index (κ2) is 6.15. The minimum absolute atomic E-state index is 0.144. The Hall–Kier alpha value is -0.900. The number of hydrogen-bond donors (Lipinski definition) is 0. The standard InChI is InChI=1S/C13H19FO2S/c1-11(2)5-3-4-10-17(15,16)13-8-6-12(14)7-9-13/h6-9,11H,3-5,10H2,1-2H3. The van der Waals surface area contributed by atoms with Gasteiger partial charge < -0.3 is 0 Å². The molecular formula is C13H19FO2S. The van der Waals surface area contributed by atoms with Gasteiger partial charge in [-0.05, 0) is 36.6 Å². The van der Waals surface area contributed by atoms with E-state index in [1.807, 2.05) is 0 Å². The lowest BCUT2D eigenvalue weighted by Crippen LogP contribution is -2.07. The second-order valence-corrected chi connectivity index (χ2v) is 6.77. The maximum absolute atomic E-state index is 12.7. The summed E-state index contributed by atoms with van der Waals surface area (Å²) in [5.41, 5.74) is 0. The predicted octanol–water partition coefficient (Wildman–Crippen LogP) is 3.43. The quantitative estimate of drug-likeness (QED) is 0.578. The van der Waals surface area contributed by atoms with Crippen molar-refractivity contribution in [3.05, 3.63) is 30.1 Å². The van der Waals surface area contributed by atoms with Gasteiger partial charge in [0.2, 0.25) is 0 Å². The molecule has 96 valence electrons. The molecule has 0 bridgehead atoms. The summed E-state index contributed by atoms with van der Waals surface area (Å²) >= 11 is 0. The van der Waals surface area contributed by atoms with Crippen molar-refractivity contribution in [1.82, 2.24) is 0 Å². The molecule has 0 fully saturated rings. The van der Waals surface area contributed by atoms with Gasteiger partial charge in [-0.1, -0.05) is 26.7 Å². The molecule has 0 aliphatic heterocycles. The molecule has 0 aromatic heterocycles. The number of benzene rings is 1. The van der Waals surface area contributed by atoms with Crippen LogP contribution < -0.4 is 0 Å². The minimum atomic E-state index is -3.24. The van der Waals surface area contributed by atoms with Crippen LogP contribution >= 0.6 is 0 Å². The summed E-state index contributed by atoms with van der Waals surface area (Å²) in [5.74, 6) is 0.331. The minimum Gasteiger partial charge on any atom is -0.224 e. The second-order valence-electron chi connectivity index (χ2n) is 4.66. The molecule has 0 N–H and O–H groups in total. The van der Waals surface area contributed by atoms with Crippen molar-refractivity contribution in [3.8, 4) is 0 Å². The van der Waals surface area contributed by atoms with Crippen LogP contribution in [0.5, 0.6) is 0 Å². The van der Waals surface area contributed by atoms with Crippen LogP contribution in [0.3, 0.4) is 0 Å². The normalized spacial score (nSPS) is 12.0. The summed E-state index contributed by atoms with van der Waals surface area (Å²) in [7, 11) is -3.24. The van der Waals surface area contributed by atoms with Gasteiger partial charge in [0, 0.05) is 0 Å². The van der Waals surface area contributed by atoms with E-state index < -0.39 is 15.7 Å². The van der Waals surface area contributed by atoms with E-state index in [4.69, 9.17) is 0 Å². The zero-order chi connectivity index (χ0) is 12.9. The number of halogens is 1. The number of hydrogen-bond acceptors (Lipinski definition) is 2. The van der Waals surface area contributed by atoms with Crippen LogP contribution in [0.25, 0.3) is 0 Å². The van der Waals surface area contributed by atoms with Gasteiger partial charge >= 0.3 is 0 Å². The largest absolute Gasteiger partial charge is 0.224 e. The van der Waals surface area contributed by atoms with Crippen molar-refractivity contribution in [2.24, 2.45) is 5.92 Å². The van der Waals surface area contributed by atoms with E-state index in [0.29, 0.717) is 12.3 Å². The van der Waals surface area contributed by atoms with E-state index in [0.717, 1.165) is 12.8 Å². The molecule has 0 aliphatic rings. The Morgan fingerprint density at radius 2 is 1.71 bits per heavy atom. The fourth-order valence-corrected chi connectivity index (χ4v) is 2.98. The molecule has 1 aromatic carbocycles. The molecular weight excluding hydrogens is 239 g/mol. The fourth-order valence-electron chi connectivity index (χ4n) is 1.60. The van der Waals surface area contributed by atoms with Gasteiger partial charge in [0.1, 0.15) is 5.82 Å². The maximum atomic E-state index is 12.7. The van der Waals surface area contributed by atoms with Crippen molar-refractivity contribution in [1.29, 1.82) is 0 Å². The van der Waals surface area contributed by atoms with Crippen LogP contribution in [0.4, 0.5) is 4.39 Å². The van der Waals surface area contributed by atoms with Gasteiger partial charge in [-0.25, -0.2) is 12.8 Å². The summed E-state index contributed by atoms with van der Waals surface area (Å²) in [6.07, 6.45) is 2.62. The highest BCUT2D eigenvalue weighted by atomic mass is 32.2. The first-order valence-corrected chi connectivity index (χ1v) is 7.55. The Bertz CT molecular complexity index is 435. The van der Waals surface area contributed by atoms with E-state index in [-0.39, 0.29) is 10.6 Å². The molecule has 0 aliphatic carbocycles. The van der Waals surface area contributed by atoms with Gasteiger partial charge in [0.15, 0.2) is 9.84 Å². The Morgan fingerprint density at radius 3 is 2.24 bits per heavy atom. The van der Waals surface area contributed by atoms with Crippen molar-refractivity contribution in [3.63, 3.8) is 0 Å². The molecule has 4 heteroatoms. The highest BCUT2D eigenvalue weighted by molar-refractivity contribution is 7.91. The lowest BCUT2D eigenvalue weighted by molar-refractivity contribution is 0.543. The molecule has 0 heterocycles. The summed E-state index contributed by atoms with van der Waals surface area (Å²) in [6, 6.07) is 5.02. The molecule has 0 saturated carbocycles. The Labute approximate surface area is 103 Å². The van der Waals surface area contributed by atoms with Crippen LogP contribution in [0.1, 0.15) is 33.1 Å². The van der Waals surface area contributed by atoms with Gasteiger partial charge in [-0.2, -0.15) is 0 Å². The van der Waals surface area contributed by atoms with Crippen LogP contribution in [0, 0.1) is 11.7 Å². The smallest absolute Gasteiger partial charge is 0.178 e. The molecule has 0 atom stereocenters. The zero-order valence-electron chi connectivity index (χ0n) is 10.3. The van der Waals surface area contributed by atoms with Crippen LogP contribution in [0.15, 0.2) is 29.2 Å². The highest BCUT2D eigenvalue weighted by Gasteiger charge is 2.13. The van der Waals surface area contributed by atoms with E-state index in [2.05, 4.69) is 13.8 Å². The summed E-state index contributed by atoms with van der Waals surface area (Å²) in [5, 5.41) is 0. The SMILES string of the molecule is CC(C)CCCCS(=O)(=O)c1ccc(F)cc1. The molecule has 0 radical (unpaired) electrons. The van der Waals surface area contributed by atoms with Gasteiger partial charge in [0.25, 0.3) is 0 Å². The van der Waals surface area contributed by atoms with Crippen molar-refractivity contribution >= 4 is 9.84 Å². The Balaban J connectivity index is 2.54. The first kappa shape index (κ1) is 14.2. The Morgan fingerprint density at radius 1 is 1.12 bits per heavy atom. The van der Waals surface area contributed by atoms with Gasteiger partial charge in [-0.15, -0.1) is 0 Å². The summed E-state index contributed by atoms with van der Waals surface area (Å²) in [6.45, 7) is 4.24. The lowest BCUT2D eigenvalue weighted by atomic mass is 10.1. The molecule has 1 aromatic rings. The first-order valence-electron chi connectivity index (χ1n) is 5.90. The first-order chi connectivity index (χ1) is 7.92. The predicted molar refractivity (Wildman–Crippen MR) is 67.1 cm³/mol. The lowest BCUT2D eigenvalue weighted by Gasteiger charge is -2.06. The highest BCUT2D eigenvalue weighted by Crippen LogP contribution is 2.15. The average molecular weight is 258 g/mol. The number of sulfone groups is 1. The van der Waals surface area contributed by atoms with Crippen molar-refractivity contribution < 1.29 is 12.8 Å². The summed E-state index contributed by atoms with van der Waals surface area (Å²) in [4.78, 5) is 0.212. The van der Waals surface area contributed by atoms with Crippen LogP contribution in [-0.4, -0.2) is 14.2 Å². The van der Waals surface area contributed by atoms with Gasteiger partial charge in [0.05, 0.1) is 10.6 Å². The molecule has 17 heavy (non-hydrogen) atoms. The number of unbranched alkanes of at least 4 members (excludes halogenated alkanes) is 1. The molecule has 0 amide bonds. The van der Waals surface area contributed by atoms with E-state index >= 15 is 0 Å². The van der Waals surface area contributed by atoms with Gasteiger partial charge in [-0.3, -0.25) is 0 Å². The van der Waals surface area contributed by atoms with Crippen LogP contribution in [0.2, 0.25) is 0 Å². The Kier molecular flexibility index (Phi) is 5.12. The zero-order valence-corrected chi connectivity index (χ0v) is 11.1. The average Bonchev–Trinajstić information content (AvgIpc) is 2.25. The van der Waals surface area contributed by atoms with E-state index in [9.17, 15) is 12.8 Å². The molecule has 0 saturated heterocycles. The topological polar surface area (TPSA) is 34.1 Å². The van der Waals surface area contributed by atoms with Crippen molar-refractivity contribution in [2.75, 3.05) is 5.75 Å². The molecule has 0 spiro atoms. The number of rotatable bonds is 6. The summed E-state index contributed by atoms with van der Waals surface area (Å²) < 4.78 is 36.4. The monoisotopic (exact) mass is 258 g/mol. The third kappa shape index (κ3) is 4.86. The van der Waals surface area contributed by atoms with E-state index in [1.54, 1.807) is 0 Å². The molecule has 1 rings (SSSR count). The fraction of sp³-hybridized carbons (Fsp3) is 0.538. The van der Waals surface area contributed by atoms with Crippen molar-refractivity contribution in [2.45, 2.75) is 38.0 Å². The molecule has 2 nitrogen and oxygen atoms in total.